The van der Waals surface area contributed by atoms with E-state index in [0.29, 0.717) is 19.8 Å². The second-order valence-corrected chi connectivity index (χ2v) is 7.37. The fourth-order valence-corrected chi connectivity index (χ4v) is 2.91. The highest BCUT2D eigenvalue weighted by molar-refractivity contribution is 9.10. The van der Waals surface area contributed by atoms with Gasteiger partial charge in [0.05, 0.1) is 22.9 Å². The van der Waals surface area contributed by atoms with Crippen LogP contribution in [0.4, 0.5) is 4.79 Å². The van der Waals surface area contributed by atoms with Crippen LogP contribution in [0.5, 0.6) is 0 Å². The summed E-state index contributed by atoms with van der Waals surface area (Å²) in [4.78, 5) is 14.4. The molecular weight excluding hydrogens is 350 g/mol. The van der Waals surface area contributed by atoms with Gasteiger partial charge in [0.15, 0.2) is 0 Å². The number of carbonyl (C=O) groups is 1. The van der Waals surface area contributed by atoms with Crippen LogP contribution in [0.25, 0.3) is 0 Å². The topological polar surface area (TPSA) is 56.6 Å². The van der Waals surface area contributed by atoms with E-state index in [-0.39, 0.29) is 12.1 Å². The number of ether oxygens (including phenoxy) is 2. The molecule has 0 atom stereocenters. The lowest BCUT2D eigenvalue weighted by Gasteiger charge is -2.35. The molecule has 6 nitrogen and oxygen atoms in total. The highest BCUT2D eigenvalue weighted by Gasteiger charge is 2.31. The van der Waals surface area contributed by atoms with E-state index in [9.17, 15) is 4.79 Å². The number of hydrogen-bond donors (Lipinski definition) is 0. The van der Waals surface area contributed by atoms with E-state index >= 15 is 0 Å². The molecular formula is C15H24BrN3O3. The fourth-order valence-electron chi connectivity index (χ4n) is 2.44. The van der Waals surface area contributed by atoms with Gasteiger partial charge in [-0.3, -0.25) is 9.58 Å². The van der Waals surface area contributed by atoms with Gasteiger partial charge >= 0.3 is 6.09 Å². The van der Waals surface area contributed by atoms with Gasteiger partial charge in [0, 0.05) is 26.3 Å². The molecule has 0 unspecified atom stereocenters. The van der Waals surface area contributed by atoms with Crippen molar-refractivity contribution in [2.45, 2.75) is 51.8 Å². The molecule has 1 aliphatic heterocycles. The van der Waals surface area contributed by atoms with Crippen molar-refractivity contribution in [2.24, 2.45) is 7.05 Å². The molecule has 22 heavy (non-hydrogen) atoms. The minimum Gasteiger partial charge on any atom is -0.444 e. The van der Waals surface area contributed by atoms with E-state index in [2.05, 4.69) is 21.0 Å². The van der Waals surface area contributed by atoms with Crippen LogP contribution in [0.15, 0.2) is 10.7 Å². The molecule has 0 saturated carbocycles. The molecule has 1 saturated heterocycles. The van der Waals surface area contributed by atoms with Crippen LogP contribution in [-0.4, -0.2) is 45.6 Å². The molecule has 1 amide bonds. The molecule has 124 valence electrons. The van der Waals surface area contributed by atoms with Gasteiger partial charge in [-0.25, -0.2) is 4.79 Å². The van der Waals surface area contributed by atoms with Crippen LogP contribution in [-0.2, 0) is 23.1 Å². The number of halogens is 1. The van der Waals surface area contributed by atoms with Crippen molar-refractivity contribution in [3.05, 3.63) is 16.4 Å². The summed E-state index contributed by atoms with van der Waals surface area (Å²) in [5, 5.41) is 4.21. The van der Waals surface area contributed by atoms with Gasteiger partial charge < -0.3 is 9.47 Å². The van der Waals surface area contributed by atoms with Gasteiger partial charge in [-0.1, -0.05) is 0 Å². The molecule has 0 spiro atoms. The van der Waals surface area contributed by atoms with Crippen LogP contribution in [0, 0.1) is 0 Å². The van der Waals surface area contributed by atoms with E-state index in [1.165, 1.54) is 0 Å². The largest absolute Gasteiger partial charge is 0.444 e. The number of aromatic nitrogens is 2. The smallest absolute Gasteiger partial charge is 0.410 e. The van der Waals surface area contributed by atoms with Crippen molar-refractivity contribution in [3.63, 3.8) is 0 Å². The van der Waals surface area contributed by atoms with Gasteiger partial charge in [0.2, 0.25) is 0 Å². The Bertz CT molecular complexity index is 499. The predicted octanol–water partition coefficient (Wildman–Crippen LogP) is 3.10. The van der Waals surface area contributed by atoms with Crippen molar-refractivity contribution in [2.75, 3.05) is 13.2 Å². The van der Waals surface area contributed by atoms with Crippen molar-refractivity contribution in [1.29, 1.82) is 0 Å². The Labute approximate surface area is 139 Å². The lowest BCUT2D eigenvalue weighted by Crippen LogP contribution is -2.45. The Morgan fingerprint density at radius 1 is 1.50 bits per heavy atom. The first-order valence-electron chi connectivity index (χ1n) is 7.51. The third-order valence-electron chi connectivity index (χ3n) is 3.59. The van der Waals surface area contributed by atoms with Gasteiger partial charge in [-0.15, -0.1) is 0 Å². The van der Waals surface area contributed by atoms with Crippen LogP contribution < -0.4 is 0 Å². The molecule has 2 heterocycles. The number of amides is 1. The van der Waals surface area contributed by atoms with Crippen LogP contribution in [0.3, 0.4) is 0 Å². The summed E-state index contributed by atoms with van der Waals surface area (Å²) in [6.07, 6.45) is 3.11. The average Bonchev–Trinajstić information content (AvgIpc) is 2.74. The lowest BCUT2D eigenvalue weighted by molar-refractivity contribution is -0.00871. The van der Waals surface area contributed by atoms with Crippen LogP contribution in [0.2, 0.25) is 0 Å². The molecule has 0 radical (unpaired) electrons. The van der Waals surface area contributed by atoms with E-state index in [0.717, 1.165) is 23.0 Å². The van der Waals surface area contributed by atoms with E-state index < -0.39 is 5.60 Å². The van der Waals surface area contributed by atoms with E-state index in [1.54, 1.807) is 15.8 Å². The second kappa shape index (κ2) is 7.00. The molecule has 0 N–H and O–H groups in total. The molecule has 0 aromatic carbocycles. The average molecular weight is 374 g/mol. The van der Waals surface area contributed by atoms with Gasteiger partial charge in [0.1, 0.15) is 5.60 Å². The second-order valence-electron chi connectivity index (χ2n) is 6.51. The molecule has 0 aliphatic carbocycles. The predicted molar refractivity (Wildman–Crippen MR) is 86.5 cm³/mol. The maximum absolute atomic E-state index is 12.6. The summed E-state index contributed by atoms with van der Waals surface area (Å²) in [6, 6.07) is 0.130. The monoisotopic (exact) mass is 373 g/mol. The van der Waals surface area contributed by atoms with Gasteiger partial charge in [-0.05, 0) is 49.5 Å². The highest BCUT2D eigenvalue weighted by Crippen LogP contribution is 2.24. The Morgan fingerprint density at radius 2 is 2.14 bits per heavy atom. The summed E-state index contributed by atoms with van der Waals surface area (Å²) in [6.45, 7) is 7.47. The Hall–Kier alpha value is -1.08. The quantitative estimate of drug-likeness (QED) is 0.816. The standard InChI is InChI=1S/C15H24BrN3O3/c1-15(2,3)22-14(20)19(11-5-7-21-8-6-11)10-13-12(16)9-17-18(13)4/h9,11H,5-8,10H2,1-4H3. The third kappa shape index (κ3) is 4.46. The van der Waals surface area contributed by atoms with Crippen molar-refractivity contribution >= 4 is 22.0 Å². The first-order valence-corrected chi connectivity index (χ1v) is 8.31. The Kier molecular flexibility index (Phi) is 5.50. The number of hydrogen-bond acceptors (Lipinski definition) is 4. The SMILES string of the molecule is Cn1ncc(Br)c1CN(C(=O)OC(C)(C)C)C1CCOCC1. The van der Waals surface area contributed by atoms with Gasteiger partial charge in [0.25, 0.3) is 0 Å². The minimum atomic E-state index is -0.510. The Balaban J connectivity index is 2.19. The molecule has 7 heteroatoms. The zero-order chi connectivity index (χ0) is 16.3. The van der Waals surface area contributed by atoms with E-state index in [1.807, 2.05) is 27.8 Å². The first-order chi connectivity index (χ1) is 10.3. The maximum atomic E-state index is 12.6. The summed E-state index contributed by atoms with van der Waals surface area (Å²) >= 11 is 3.49. The molecule has 1 aliphatic rings. The summed E-state index contributed by atoms with van der Waals surface area (Å²) < 4.78 is 13.7. The summed E-state index contributed by atoms with van der Waals surface area (Å²) in [5.74, 6) is 0. The fraction of sp³-hybridized carbons (Fsp3) is 0.733. The normalized spacial score (nSPS) is 16.6. The molecule has 1 fully saturated rings. The van der Waals surface area contributed by atoms with E-state index in [4.69, 9.17) is 9.47 Å². The first kappa shape index (κ1) is 17.3. The zero-order valence-corrected chi connectivity index (χ0v) is 15.2. The Morgan fingerprint density at radius 3 is 2.64 bits per heavy atom. The zero-order valence-electron chi connectivity index (χ0n) is 13.6. The van der Waals surface area contributed by atoms with Crippen molar-refractivity contribution < 1.29 is 14.3 Å². The highest BCUT2D eigenvalue weighted by atomic mass is 79.9. The summed E-state index contributed by atoms with van der Waals surface area (Å²) in [7, 11) is 1.87. The number of carbonyl (C=O) groups excluding carboxylic acids is 1. The number of rotatable bonds is 3. The molecule has 0 bridgehead atoms. The molecule has 1 aromatic rings. The molecule has 2 rings (SSSR count). The van der Waals surface area contributed by atoms with Crippen LogP contribution in [0.1, 0.15) is 39.3 Å². The van der Waals surface area contributed by atoms with Gasteiger partial charge in [-0.2, -0.15) is 5.10 Å². The lowest BCUT2D eigenvalue weighted by atomic mass is 10.1. The van der Waals surface area contributed by atoms with Crippen LogP contribution >= 0.6 is 15.9 Å². The van der Waals surface area contributed by atoms with Crippen molar-refractivity contribution in [3.8, 4) is 0 Å². The number of aryl methyl sites for hydroxylation is 1. The minimum absolute atomic E-state index is 0.130. The van der Waals surface area contributed by atoms with Crippen molar-refractivity contribution in [1.82, 2.24) is 14.7 Å². The third-order valence-corrected chi connectivity index (χ3v) is 4.25. The summed E-state index contributed by atoms with van der Waals surface area (Å²) in [5.41, 5.74) is 0.446. The number of nitrogens with zero attached hydrogens (tertiary/aromatic N) is 3. The maximum Gasteiger partial charge on any atom is 0.410 e. The molecule has 1 aromatic heterocycles.